The molecule has 216 valence electrons. The number of benzene rings is 2. The average molecular weight is 587 g/mol. The minimum Gasteiger partial charge on any atom is -0.487 e. The summed E-state index contributed by atoms with van der Waals surface area (Å²) in [6.07, 6.45) is 10.0. The monoisotopic (exact) mass is 586 g/mol. The summed E-state index contributed by atoms with van der Waals surface area (Å²) in [4.78, 5) is 15.0. The van der Waals surface area contributed by atoms with Crippen LogP contribution in [0.2, 0.25) is 5.02 Å². The third kappa shape index (κ3) is 6.67. The van der Waals surface area contributed by atoms with Gasteiger partial charge in [-0.1, -0.05) is 36.7 Å². The average Bonchev–Trinajstić information content (AvgIpc) is 2.92. The molecule has 40 heavy (non-hydrogen) atoms. The molecular weight excluding hydrogens is 548 g/mol. The lowest BCUT2D eigenvalue weighted by molar-refractivity contribution is -0.120. The van der Waals surface area contributed by atoms with E-state index in [2.05, 4.69) is 21.8 Å². The van der Waals surface area contributed by atoms with Gasteiger partial charge >= 0.3 is 0 Å². The Kier molecular flexibility index (Phi) is 9.08. The number of rotatable bonds is 1. The fraction of sp³-hybridized carbons (Fsp3) is 0.516. The lowest BCUT2D eigenvalue weighted by Gasteiger charge is -2.43. The Morgan fingerprint density at radius 2 is 1.95 bits per heavy atom. The number of hydrogen-bond acceptors (Lipinski definition) is 6. The van der Waals surface area contributed by atoms with Crippen LogP contribution in [0.15, 0.2) is 53.4 Å². The van der Waals surface area contributed by atoms with E-state index in [0.29, 0.717) is 35.6 Å². The van der Waals surface area contributed by atoms with Gasteiger partial charge in [-0.15, -0.1) is 0 Å². The number of ether oxygens (including phenoxy) is 2. The zero-order chi connectivity index (χ0) is 28.3. The summed E-state index contributed by atoms with van der Waals surface area (Å²) in [6, 6.07) is 10.8. The van der Waals surface area contributed by atoms with Gasteiger partial charge in [0.1, 0.15) is 12.4 Å². The molecule has 2 aliphatic heterocycles. The molecule has 0 aromatic heterocycles. The number of nitrogens with zero attached hydrogens (tertiary/aromatic N) is 1. The summed E-state index contributed by atoms with van der Waals surface area (Å²) >= 11 is 6.30. The van der Waals surface area contributed by atoms with Crippen LogP contribution in [-0.2, 0) is 32.6 Å². The van der Waals surface area contributed by atoms with Gasteiger partial charge in [0.2, 0.25) is 5.91 Å². The first-order valence-corrected chi connectivity index (χ1v) is 16.1. The smallest absolute Gasteiger partial charge is 0.264 e. The number of anilines is 1. The Morgan fingerprint density at radius 1 is 1.10 bits per heavy atom. The molecule has 1 fully saturated rings. The number of sulfonamides is 1. The molecule has 0 radical (unpaired) electrons. The topological polar surface area (TPSA) is 84.9 Å². The van der Waals surface area contributed by atoms with Crippen LogP contribution in [0.3, 0.4) is 0 Å². The van der Waals surface area contributed by atoms with E-state index < -0.39 is 15.9 Å². The maximum absolute atomic E-state index is 13.3. The Labute approximate surface area is 242 Å². The molecule has 1 N–H and O–H groups in total. The fourth-order valence-corrected chi connectivity index (χ4v) is 7.32. The Morgan fingerprint density at radius 3 is 2.73 bits per heavy atom. The maximum Gasteiger partial charge on any atom is 0.264 e. The Balaban J connectivity index is 1.54. The standard InChI is InChI=1S/C31H39ClN2O5S/c1-21-6-5-8-29(38-2)27-13-10-23(27)19-34-15-4-3-7-22-17-25(32)11-9-24(22)20-39-30-14-12-26(18-28(30)34)40(36,37)33-31(35)16-21/h5,8-9,11-12,14,17-18,21,23,27,29H,3-4,6-7,10,13,15-16,19-20H2,1-2H3,(H,33,35)/b8-5+/t21-,23-,27+,29-/m0/s1. The van der Waals surface area contributed by atoms with Crippen molar-refractivity contribution in [3.8, 4) is 5.75 Å². The highest BCUT2D eigenvalue weighted by molar-refractivity contribution is 7.90. The van der Waals surface area contributed by atoms with Gasteiger partial charge in [-0.05, 0) is 97.7 Å². The molecule has 1 amide bonds. The highest BCUT2D eigenvalue weighted by Gasteiger charge is 2.38. The fourth-order valence-electron chi connectivity index (χ4n) is 6.11. The van der Waals surface area contributed by atoms with Crippen molar-refractivity contribution in [2.24, 2.45) is 17.8 Å². The van der Waals surface area contributed by atoms with Crippen molar-refractivity contribution in [3.63, 3.8) is 0 Å². The Bertz CT molecular complexity index is 1360. The number of nitrogens with one attached hydrogen (secondary N) is 1. The van der Waals surface area contributed by atoms with Gasteiger partial charge in [0.05, 0.1) is 16.7 Å². The van der Waals surface area contributed by atoms with Crippen LogP contribution in [0.5, 0.6) is 5.75 Å². The largest absolute Gasteiger partial charge is 0.487 e. The van der Waals surface area contributed by atoms with E-state index in [1.165, 1.54) is 11.6 Å². The van der Waals surface area contributed by atoms with Crippen LogP contribution in [0.1, 0.15) is 56.6 Å². The van der Waals surface area contributed by atoms with Crippen molar-refractivity contribution in [2.75, 3.05) is 25.1 Å². The summed E-state index contributed by atoms with van der Waals surface area (Å²) in [5.74, 6) is 0.919. The first-order valence-electron chi connectivity index (χ1n) is 14.3. The molecule has 2 heterocycles. The summed E-state index contributed by atoms with van der Waals surface area (Å²) in [7, 11) is -2.28. The van der Waals surface area contributed by atoms with Crippen LogP contribution >= 0.6 is 11.6 Å². The first kappa shape index (κ1) is 29.0. The highest BCUT2D eigenvalue weighted by Crippen LogP contribution is 2.42. The van der Waals surface area contributed by atoms with Gasteiger partial charge in [-0.25, -0.2) is 13.1 Å². The molecule has 2 aromatic rings. The zero-order valence-electron chi connectivity index (χ0n) is 23.3. The van der Waals surface area contributed by atoms with Gasteiger partial charge in [-0.2, -0.15) is 0 Å². The molecule has 4 atom stereocenters. The van der Waals surface area contributed by atoms with E-state index in [4.69, 9.17) is 21.1 Å². The van der Waals surface area contributed by atoms with Gasteiger partial charge in [0.15, 0.2) is 0 Å². The molecule has 1 saturated carbocycles. The number of allylic oxidation sites excluding steroid dienone is 1. The predicted molar refractivity (Wildman–Crippen MR) is 157 cm³/mol. The molecule has 7 nitrogen and oxygen atoms in total. The summed E-state index contributed by atoms with van der Waals surface area (Å²) in [5.41, 5.74) is 2.99. The molecular formula is C31H39ClN2O5S. The van der Waals surface area contributed by atoms with Crippen molar-refractivity contribution < 1.29 is 22.7 Å². The number of amides is 1. The second kappa shape index (κ2) is 12.5. The Hall–Kier alpha value is -2.55. The summed E-state index contributed by atoms with van der Waals surface area (Å²) < 4.78 is 41.2. The quantitative estimate of drug-likeness (QED) is 0.419. The molecule has 2 bridgehead atoms. The maximum atomic E-state index is 13.3. The van der Waals surface area contributed by atoms with Crippen molar-refractivity contribution >= 4 is 33.2 Å². The number of aryl methyl sites for hydroxylation is 1. The molecule has 0 unspecified atom stereocenters. The molecule has 5 rings (SSSR count). The van der Waals surface area contributed by atoms with Crippen LogP contribution in [-0.4, -0.2) is 40.6 Å². The SMILES string of the molecule is CO[C@H]1/C=C/C[C@H](C)CC(=O)NS(=O)(=O)c2ccc3c(c2)N(CCCCc2cc(Cl)ccc2CO3)C[C@@H]2CC[C@H]21. The highest BCUT2D eigenvalue weighted by atomic mass is 35.5. The summed E-state index contributed by atoms with van der Waals surface area (Å²) in [5, 5.41) is 0.712. The normalized spacial score (nSPS) is 28.0. The van der Waals surface area contributed by atoms with E-state index in [1.807, 2.05) is 25.1 Å². The van der Waals surface area contributed by atoms with Gasteiger partial charge in [0, 0.05) is 31.6 Å². The molecule has 2 aromatic carbocycles. The number of fused-ring (bicyclic) bond motifs is 3. The van der Waals surface area contributed by atoms with E-state index in [0.717, 1.165) is 56.4 Å². The number of hydrogen-bond donors (Lipinski definition) is 1. The van der Waals surface area contributed by atoms with E-state index in [9.17, 15) is 13.2 Å². The van der Waals surface area contributed by atoms with E-state index >= 15 is 0 Å². The van der Waals surface area contributed by atoms with Crippen LogP contribution in [0, 0.1) is 17.8 Å². The van der Waals surface area contributed by atoms with Gasteiger partial charge in [0.25, 0.3) is 10.0 Å². The predicted octanol–water partition coefficient (Wildman–Crippen LogP) is 5.89. The van der Waals surface area contributed by atoms with Gasteiger partial charge in [-0.3, -0.25) is 4.79 Å². The molecule has 1 aliphatic carbocycles. The second-order valence-electron chi connectivity index (χ2n) is 11.4. The van der Waals surface area contributed by atoms with Crippen LogP contribution in [0.25, 0.3) is 0 Å². The van der Waals surface area contributed by atoms with Crippen molar-refractivity contribution in [2.45, 2.75) is 69.5 Å². The number of carbonyl (C=O) groups excluding carboxylic acids is 1. The minimum atomic E-state index is -4.04. The summed E-state index contributed by atoms with van der Waals surface area (Å²) in [6.45, 7) is 3.85. The number of halogens is 1. The third-order valence-electron chi connectivity index (χ3n) is 8.53. The molecule has 0 spiro atoms. The van der Waals surface area contributed by atoms with Crippen LogP contribution < -0.4 is 14.4 Å². The minimum absolute atomic E-state index is 0.00288. The van der Waals surface area contributed by atoms with E-state index in [-0.39, 0.29) is 23.3 Å². The van der Waals surface area contributed by atoms with Gasteiger partial charge < -0.3 is 14.4 Å². The molecule has 3 aliphatic rings. The van der Waals surface area contributed by atoms with E-state index in [1.54, 1.807) is 19.2 Å². The molecule has 9 heteroatoms. The molecule has 0 saturated heterocycles. The van der Waals surface area contributed by atoms with Crippen molar-refractivity contribution in [1.29, 1.82) is 0 Å². The number of methoxy groups -OCH3 is 1. The lowest BCUT2D eigenvalue weighted by Crippen LogP contribution is -2.44. The number of carbonyl (C=O) groups is 1. The third-order valence-corrected chi connectivity index (χ3v) is 10.1. The zero-order valence-corrected chi connectivity index (χ0v) is 24.8. The first-order chi connectivity index (χ1) is 19.2. The van der Waals surface area contributed by atoms with Crippen LogP contribution in [0.4, 0.5) is 5.69 Å². The second-order valence-corrected chi connectivity index (χ2v) is 13.6. The lowest BCUT2D eigenvalue weighted by atomic mass is 9.70. The van der Waals surface area contributed by atoms with Crippen molar-refractivity contribution in [1.82, 2.24) is 4.72 Å². The van der Waals surface area contributed by atoms with Crippen molar-refractivity contribution in [3.05, 3.63) is 64.7 Å².